The number of methoxy groups -OCH3 is 1. The Hall–Kier alpha value is -1.13. The molecule has 0 aromatic heterocycles. The fourth-order valence-corrected chi connectivity index (χ4v) is 8.70. The zero-order valence-electron chi connectivity index (χ0n) is 20.5. The van der Waals surface area contributed by atoms with Crippen LogP contribution in [0.25, 0.3) is 0 Å². The van der Waals surface area contributed by atoms with E-state index in [9.17, 15) is 4.57 Å². The smallest absolute Gasteiger partial charge is 0.357 e. The van der Waals surface area contributed by atoms with Crippen molar-refractivity contribution < 1.29 is 23.1 Å². The number of hydrogen-bond donors (Lipinski definition) is 0. The SMILES string of the molecule is CCOP(=O)(OCC)C1=CC[C@H]2[C@@H]3CCc4cc(OC(C)(C)OC)ccc4[C@H]3CC[C@]12C. The van der Waals surface area contributed by atoms with E-state index in [1.54, 1.807) is 7.11 Å². The Labute approximate surface area is 193 Å². The topological polar surface area (TPSA) is 54.0 Å². The van der Waals surface area contributed by atoms with Crippen LogP contribution in [-0.4, -0.2) is 26.1 Å². The van der Waals surface area contributed by atoms with Crippen LogP contribution in [0.4, 0.5) is 0 Å². The van der Waals surface area contributed by atoms with E-state index in [2.05, 4.69) is 31.2 Å². The molecule has 0 radical (unpaired) electrons. The molecule has 3 aliphatic rings. The molecule has 178 valence electrons. The molecular weight excluding hydrogens is 423 g/mol. The van der Waals surface area contributed by atoms with E-state index in [0.717, 1.165) is 43.2 Å². The molecule has 0 spiro atoms. The minimum Gasteiger partial charge on any atom is -0.463 e. The Morgan fingerprint density at radius 2 is 1.88 bits per heavy atom. The number of rotatable bonds is 8. The van der Waals surface area contributed by atoms with Gasteiger partial charge in [-0.05, 0) is 87.0 Å². The van der Waals surface area contributed by atoms with Crippen molar-refractivity contribution in [2.45, 2.75) is 78.4 Å². The Bertz CT molecular complexity index is 913. The van der Waals surface area contributed by atoms with Gasteiger partial charge in [0.1, 0.15) is 5.75 Å². The van der Waals surface area contributed by atoms with Gasteiger partial charge in [0.05, 0.1) is 13.2 Å². The summed E-state index contributed by atoms with van der Waals surface area (Å²) in [7, 11) is -1.56. The van der Waals surface area contributed by atoms with Gasteiger partial charge >= 0.3 is 7.60 Å². The highest BCUT2D eigenvalue weighted by atomic mass is 31.2. The molecule has 0 amide bonds. The molecule has 1 fully saturated rings. The second kappa shape index (κ2) is 8.91. The van der Waals surface area contributed by atoms with Crippen LogP contribution in [0.2, 0.25) is 0 Å². The Morgan fingerprint density at radius 1 is 1.16 bits per heavy atom. The summed E-state index contributed by atoms with van der Waals surface area (Å²) in [5.74, 6) is 1.86. The average Bonchev–Trinajstić information content (AvgIpc) is 3.11. The molecule has 0 saturated heterocycles. The maximum absolute atomic E-state index is 13.7. The molecule has 3 aliphatic carbocycles. The van der Waals surface area contributed by atoms with Gasteiger partial charge in [-0.1, -0.05) is 19.1 Å². The predicted octanol–water partition coefficient (Wildman–Crippen LogP) is 7.06. The summed E-state index contributed by atoms with van der Waals surface area (Å²) in [5.41, 5.74) is 2.77. The van der Waals surface area contributed by atoms with Crippen molar-refractivity contribution in [3.05, 3.63) is 40.7 Å². The molecule has 1 aromatic carbocycles. The number of hydrogen-bond acceptors (Lipinski definition) is 5. The quantitative estimate of drug-likeness (QED) is 0.306. The maximum atomic E-state index is 13.7. The van der Waals surface area contributed by atoms with Crippen LogP contribution in [0.1, 0.15) is 77.3 Å². The van der Waals surface area contributed by atoms with Crippen molar-refractivity contribution >= 4 is 7.60 Å². The third-order valence-electron chi connectivity index (χ3n) is 7.99. The Kier molecular flexibility index (Phi) is 6.68. The molecule has 0 unspecified atom stereocenters. The summed E-state index contributed by atoms with van der Waals surface area (Å²) in [4.78, 5) is 0. The van der Waals surface area contributed by atoms with Crippen molar-refractivity contribution in [1.82, 2.24) is 0 Å². The second-order valence-electron chi connectivity index (χ2n) is 10.1. The van der Waals surface area contributed by atoms with Crippen molar-refractivity contribution in [3.8, 4) is 5.75 Å². The van der Waals surface area contributed by atoms with Gasteiger partial charge < -0.3 is 18.5 Å². The lowest BCUT2D eigenvalue weighted by Crippen LogP contribution is -2.41. The highest BCUT2D eigenvalue weighted by Gasteiger charge is 2.56. The molecule has 0 N–H and O–H groups in total. The molecule has 4 atom stereocenters. The van der Waals surface area contributed by atoms with Gasteiger partial charge in [0.15, 0.2) is 0 Å². The van der Waals surface area contributed by atoms with Crippen molar-refractivity contribution in [2.24, 2.45) is 17.3 Å². The Balaban J connectivity index is 1.58. The summed E-state index contributed by atoms with van der Waals surface area (Å²) >= 11 is 0. The lowest BCUT2D eigenvalue weighted by Gasteiger charge is -2.50. The van der Waals surface area contributed by atoms with Crippen LogP contribution in [0.15, 0.2) is 29.6 Å². The van der Waals surface area contributed by atoms with Gasteiger partial charge in [-0.2, -0.15) is 0 Å². The lowest BCUT2D eigenvalue weighted by molar-refractivity contribution is -0.134. The third kappa shape index (κ3) is 4.11. The first kappa shape index (κ1) is 24.0. The summed E-state index contributed by atoms with van der Waals surface area (Å²) < 4.78 is 36.7. The van der Waals surface area contributed by atoms with E-state index in [1.807, 2.05) is 27.7 Å². The van der Waals surface area contributed by atoms with E-state index in [4.69, 9.17) is 18.5 Å². The molecule has 4 rings (SSSR count). The zero-order valence-corrected chi connectivity index (χ0v) is 21.4. The monoisotopic (exact) mass is 462 g/mol. The lowest BCUT2D eigenvalue weighted by atomic mass is 9.55. The van der Waals surface area contributed by atoms with E-state index in [1.165, 1.54) is 11.1 Å². The molecule has 32 heavy (non-hydrogen) atoms. The fraction of sp³-hybridized carbons (Fsp3) is 0.692. The summed E-state index contributed by atoms with van der Waals surface area (Å²) in [6.07, 6.45) is 7.49. The van der Waals surface area contributed by atoms with Gasteiger partial charge in [0, 0.05) is 31.7 Å². The van der Waals surface area contributed by atoms with Crippen molar-refractivity contribution in [3.63, 3.8) is 0 Å². The van der Waals surface area contributed by atoms with Gasteiger partial charge in [-0.15, -0.1) is 0 Å². The summed E-state index contributed by atoms with van der Waals surface area (Å²) in [6, 6.07) is 6.56. The molecule has 1 saturated carbocycles. The average molecular weight is 463 g/mol. The van der Waals surface area contributed by atoms with Gasteiger partial charge in [0.25, 0.3) is 0 Å². The minimum atomic E-state index is -3.23. The first-order chi connectivity index (χ1) is 15.2. The van der Waals surface area contributed by atoms with Crippen LogP contribution in [0.5, 0.6) is 5.75 Å². The number of benzene rings is 1. The standard InChI is InChI=1S/C26H39O5P/c1-7-29-32(27,30-8-2)24-14-13-23-22-11-9-18-17-19(31-25(3,4)28-6)10-12-20(18)21(22)15-16-26(23,24)5/h10,12,14,17,21-23H,7-9,11,13,15-16H2,1-6H3/t21-,22-,23+,26+/m1/s1. The summed E-state index contributed by atoms with van der Waals surface area (Å²) in [6.45, 7) is 10.7. The van der Waals surface area contributed by atoms with E-state index < -0.39 is 13.4 Å². The third-order valence-corrected chi connectivity index (χ3v) is 10.5. The number of allylic oxidation sites excluding steroid dienone is 2. The number of ether oxygens (including phenoxy) is 2. The van der Waals surface area contributed by atoms with Crippen LogP contribution in [0, 0.1) is 17.3 Å². The maximum Gasteiger partial charge on any atom is 0.357 e. The molecule has 0 bridgehead atoms. The highest BCUT2D eigenvalue weighted by molar-refractivity contribution is 7.58. The molecule has 5 nitrogen and oxygen atoms in total. The molecule has 0 heterocycles. The van der Waals surface area contributed by atoms with Crippen molar-refractivity contribution in [2.75, 3.05) is 20.3 Å². The van der Waals surface area contributed by atoms with Crippen LogP contribution < -0.4 is 4.74 Å². The first-order valence-electron chi connectivity index (χ1n) is 12.1. The van der Waals surface area contributed by atoms with Gasteiger partial charge in [0.2, 0.25) is 5.79 Å². The molecule has 1 aromatic rings. The Morgan fingerprint density at radius 3 is 2.53 bits per heavy atom. The number of fused-ring (bicyclic) bond motifs is 5. The first-order valence-corrected chi connectivity index (χ1v) is 13.7. The molecule has 6 heteroatoms. The van der Waals surface area contributed by atoms with Crippen molar-refractivity contribution in [1.29, 1.82) is 0 Å². The fourth-order valence-electron chi connectivity index (χ4n) is 6.43. The van der Waals surface area contributed by atoms with Crippen LogP contribution >= 0.6 is 7.60 Å². The molecular formula is C26H39O5P. The van der Waals surface area contributed by atoms with Gasteiger partial charge in [-0.3, -0.25) is 4.57 Å². The van der Waals surface area contributed by atoms with Gasteiger partial charge in [-0.25, -0.2) is 0 Å². The predicted molar refractivity (Wildman–Crippen MR) is 127 cm³/mol. The van der Waals surface area contributed by atoms with E-state index in [-0.39, 0.29) is 5.41 Å². The van der Waals surface area contributed by atoms with Crippen LogP contribution in [-0.2, 0) is 24.8 Å². The van der Waals surface area contributed by atoms with Crippen LogP contribution in [0.3, 0.4) is 0 Å². The largest absolute Gasteiger partial charge is 0.463 e. The highest BCUT2D eigenvalue weighted by Crippen LogP contribution is 2.71. The second-order valence-corrected chi connectivity index (χ2v) is 12.1. The van der Waals surface area contributed by atoms with E-state index >= 15 is 0 Å². The summed E-state index contributed by atoms with van der Waals surface area (Å²) in [5, 5.41) is 0.938. The molecule has 0 aliphatic heterocycles. The number of aryl methyl sites for hydroxylation is 1. The normalized spacial score (nSPS) is 29.7. The van der Waals surface area contributed by atoms with E-state index in [0.29, 0.717) is 31.0 Å². The minimum absolute atomic E-state index is 0.107. The zero-order chi connectivity index (χ0) is 23.1.